The van der Waals surface area contributed by atoms with E-state index in [0.717, 1.165) is 5.56 Å². The summed E-state index contributed by atoms with van der Waals surface area (Å²) < 4.78 is 5.23. The minimum absolute atomic E-state index is 0.150. The number of ether oxygens (including phenoxy) is 1. The van der Waals surface area contributed by atoms with Crippen molar-refractivity contribution in [1.29, 1.82) is 0 Å². The van der Waals surface area contributed by atoms with Crippen molar-refractivity contribution >= 4 is 17.9 Å². The molecule has 0 radical (unpaired) electrons. The van der Waals surface area contributed by atoms with Crippen molar-refractivity contribution in [3.63, 3.8) is 0 Å². The van der Waals surface area contributed by atoms with E-state index >= 15 is 0 Å². The molecule has 0 aliphatic carbocycles. The second kappa shape index (κ2) is 9.94. The third-order valence-corrected chi connectivity index (χ3v) is 3.66. The van der Waals surface area contributed by atoms with Gasteiger partial charge in [0.15, 0.2) is 0 Å². The molecule has 7 nitrogen and oxygen atoms in total. The van der Waals surface area contributed by atoms with Gasteiger partial charge in [-0.3, -0.25) is 9.59 Å². The van der Waals surface area contributed by atoms with Gasteiger partial charge >= 0.3 is 6.09 Å². The molecule has 0 unspecified atom stereocenters. The van der Waals surface area contributed by atoms with Crippen molar-refractivity contribution in [2.24, 2.45) is 11.7 Å². The Morgan fingerprint density at radius 3 is 2.11 bits per heavy atom. The van der Waals surface area contributed by atoms with E-state index in [4.69, 9.17) is 10.5 Å². The Kier molecular flexibility index (Phi) is 8.28. The maximum Gasteiger partial charge on any atom is 0.408 e. The van der Waals surface area contributed by atoms with Crippen LogP contribution in [0.2, 0.25) is 0 Å². The first-order valence-electron chi connectivity index (χ1n) is 9.11. The summed E-state index contributed by atoms with van der Waals surface area (Å²) >= 11 is 0. The number of benzene rings is 1. The highest BCUT2D eigenvalue weighted by atomic mass is 16.6. The largest absolute Gasteiger partial charge is 0.444 e. The number of hydrogen-bond acceptors (Lipinski definition) is 4. The molecule has 1 aromatic carbocycles. The maximum atomic E-state index is 12.7. The fourth-order valence-electron chi connectivity index (χ4n) is 2.50. The van der Waals surface area contributed by atoms with E-state index in [1.807, 2.05) is 44.2 Å². The van der Waals surface area contributed by atoms with Crippen molar-refractivity contribution in [2.45, 2.75) is 65.1 Å². The van der Waals surface area contributed by atoms with Gasteiger partial charge in [-0.15, -0.1) is 0 Å². The van der Waals surface area contributed by atoms with Crippen LogP contribution in [0.1, 0.15) is 46.6 Å². The molecule has 1 rings (SSSR count). The van der Waals surface area contributed by atoms with Gasteiger partial charge in [-0.05, 0) is 38.7 Å². The molecule has 0 bridgehead atoms. The minimum atomic E-state index is -0.866. The van der Waals surface area contributed by atoms with Gasteiger partial charge in [0, 0.05) is 6.42 Å². The van der Waals surface area contributed by atoms with Crippen molar-refractivity contribution in [3.05, 3.63) is 35.9 Å². The molecular formula is C20H31N3O4. The predicted molar refractivity (Wildman–Crippen MR) is 104 cm³/mol. The summed E-state index contributed by atoms with van der Waals surface area (Å²) in [5.41, 5.74) is 5.66. The van der Waals surface area contributed by atoms with E-state index in [1.54, 1.807) is 20.8 Å². The van der Waals surface area contributed by atoms with Crippen LogP contribution < -0.4 is 16.4 Å². The first-order chi connectivity index (χ1) is 12.5. The lowest BCUT2D eigenvalue weighted by Crippen LogP contribution is -2.54. The Bertz CT molecular complexity index is 638. The Balaban J connectivity index is 2.82. The zero-order valence-corrected chi connectivity index (χ0v) is 16.7. The number of carbonyl (C=O) groups is 3. The Morgan fingerprint density at radius 2 is 1.63 bits per heavy atom. The second-order valence-electron chi connectivity index (χ2n) is 7.98. The summed E-state index contributed by atoms with van der Waals surface area (Å²) in [5.74, 6) is -0.945. The van der Waals surface area contributed by atoms with Crippen LogP contribution in [-0.2, 0) is 20.7 Å². The van der Waals surface area contributed by atoms with E-state index in [-0.39, 0.29) is 12.3 Å². The van der Waals surface area contributed by atoms with Crippen LogP contribution in [0, 0.1) is 5.92 Å². The van der Waals surface area contributed by atoms with Crippen LogP contribution in [0.5, 0.6) is 0 Å². The Hall–Kier alpha value is -2.57. The average molecular weight is 377 g/mol. The van der Waals surface area contributed by atoms with Crippen LogP contribution in [0.3, 0.4) is 0 Å². The third kappa shape index (κ3) is 9.08. The van der Waals surface area contributed by atoms with Gasteiger partial charge in [0.2, 0.25) is 11.8 Å². The Labute approximate surface area is 161 Å². The number of nitrogens with two attached hydrogens (primary N) is 1. The molecule has 2 atom stereocenters. The molecule has 0 fully saturated rings. The fourth-order valence-corrected chi connectivity index (χ4v) is 2.50. The van der Waals surface area contributed by atoms with Crippen LogP contribution in [0.25, 0.3) is 0 Å². The van der Waals surface area contributed by atoms with Gasteiger partial charge in [0.05, 0.1) is 0 Å². The number of primary amides is 1. The highest BCUT2D eigenvalue weighted by molar-refractivity contribution is 5.90. The molecule has 0 aromatic heterocycles. The molecule has 7 heteroatoms. The highest BCUT2D eigenvalue weighted by Crippen LogP contribution is 2.10. The zero-order chi connectivity index (χ0) is 20.6. The van der Waals surface area contributed by atoms with Gasteiger partial charge in [-0.25, -0.2) is 4.79 Å². The van der Waals surface area contributed by atoms with Crippen molar-refractivity contribution in [2.75, 3.05) is 0 Å². The molecule has 3 amide bonds. The lowest BCUT2D eigenvalue weighted by molar-refractivity contribution is -0.128. The van der Waals surface area contributed by atoms with Gasteiger partial charge < -0.3 is 21.1 Å². The zero-order valence-electron chi connectivity index (χ0n) is 16.7. The quantitative estimate of drug-likeness (QED) is 0.644. The minimum Gasteiger partial charge on any atom is -0.444 e. The topological polar surface area (TPSA) is 111 Å². The fraction of sp³-hybridized carbons (Fsp3) is 0.550. The SMILES string of the molecule is CC(C)C[C@@H](NC(=O)OC(C)(C)C)C(=O)N[C@@H](Cc1ccccc1)C(N)=O. The summed E-state index contributed by atoms with van der Waals surface area (Å²) in [5, 5.41) is 5.24. The molecule has 0 saturated heterocycles. The molecular weight excluding hydrogens is 346 g/mol. The van der Waals surface area contributed by atoms with E-state index in [2.05, 4.69) is 10.6 Å². The summed E-state index contributed by atoms with van der Waals surface area (Å²) in [4.78, 5) is 36.5. The molecule has 0 heterocycles. The molecule has 4 N–H and O–H groups in total. The summed E-state index contributed by atoms with van der Waals surface area (Å²) in [6.45, 7) is 9.10. The van der Waals surface area contributed by atoms with Crippen LogP contribution in [-0.4, -0.2) is 35.6 Å². The van der Waals surface area contributed by atoms with Crippen LogP contribution in [0.4, 0.5) is 4.79 Å². The van der Waals surface area contributed by atoms with Gasteiger partial charge in [-0.2, -0.15) is 0 Å². The van der Waals surface area contributed by atoms with Crippen molar-refractivity contribution < 1.29 is 19.1 Å². The molecule has 150 valence electrons. The van der Waals surface area contributed by atoms with Gasteiger partial charge in [0.25, 0.3) is 0 Å². The molecule has 0 saturated carbocycles. The van der Waals surface area contributed by atoms with E-state index < -0.39 is 35.6 Å². The number of alkyl carbamates (subject to hydrolysis) is 1. The predicted octanol–water partition coefficient (Wildman–Crippen LogP) is 2.14. The van der Waals surface area contributed by atoms with E-state index in [1.165, 1.54) is 0 Å². The number of nitrogens with one attached hydrogen (secondary N) is 2. The molecule has 1 aromatic rings. The molecule has 0 aliphatic heterocycles. The summed E-state index contributed by atoms with van der Waals surface area (Å²) in [6, 6.07) is 7.58. The van der Waals surface area contributed by atoms with Gasteiger partial charge in [0.1, 0.15) is 17.7 Å². The van der Waals surface area contributed by atoms with Crippen LogP contribution in [0.15, 0.2) is 30.3 Å². The standard InChI is InChI=1S/C20H31N3O4/c1-13(2)11-16(23-19(26)27-20(3,4)5)18(25)22-15(17(21)24)12-14-9-7-6-8-10-14/h6-10,13,15-16H,11-12H2,1-5H3,(H2,21,24)(H,22,25)(H,23,26)/t15-,16+/m0/s1. The third-order valence-electron chi connectivity index (χ3n) is 3.66. The monoisotopic (exact) mass is 377 g/mol. The first kappa shape index (κ1) is 22.5. The smallest absolute Gasteiger partial charge is 0.408 e. The summed E-state index contributed by atoms with van der Waals surface area (Å²) in [6.07, 6.45) is 0.00645. The Morgan fingerprint density at radius 1 is 1.04 bits per heavy atom. The number of hydrogen-bond donors (Lipinski definition) is 3. The highest BCUT2D eigenvalue weighted by Gasteiger charge is 2.28. The molecule has 0 aliphatic rings. The lowest BCUT2D eigenvalue weighted by Gasteiger charge is -2.25. The normalized spacial score (nSPS) is 13.6. The first-order valence-corrected chi connectivity index (χ1v) is 9.11. The van der Waals surface area contributed by atoms with Crippen molar-refractivity contribution in [3.8, 4) is 0 Å². The van der Waals surface area contributed by atoms with Crippen LogP contribution >= 0.6 is 0 Å². The second-order valence-corrected chi connectivity index (χ2v) is 7.98. The van der Waals surface area contributed by atoms with E-state index in [9.17, 15) is 14.4 Å². The molecule has 27 heavy (non-hydrogen) atoms. The van der Waals surface area contributed by atoms with E-state index in [0.29, 0.717) is 6.42 Å². The lowest BCUT2D eigenvalue weighted by atomic mass is 10.0. The number of amides is 3. The molecule has 0 spiro atoms. The van der Waals surface area contributed by atoms with Crippen molar-refractivity contribution in [1.82, 2.24) is 10.6 Å². The number of rotatable bonds is 8. The van der Waals surface area contributed by atoms with Gasteiger partial charge in [-0.1, -0.05) is 44.2 Å². The maximum absolute atomic E-state index is 12.7. The summed E-state index contributed by atoms with van der Waals surface area (Å²) in [7, 11) is 0. The number of carbonyl (C=O) groups excluding carboxylic acids is 3. The average Bonchev–Trinajstić information content (AvgIpc) is 2.52.